The van der Waals surface area contributed by atoms with Crippen molar-refractivity contribution in [1.29, 1.82) is 0 Å². The molecule has 0 aliphatic rings. The Morgan fingerprint density at radius 2 is 2.10 bits per heavy atom. The van der Waals surface area contributed by atoms with Crippen LogP contribution in [0.15, 0.2) is 36.4 Å². The normalized spacial score (nSPS) is 11.0. The van der Waals surface area contributed by atoms with E-state index in [1.807, 2.05) is 38.1 Å². The predicted octanol–water partition coefficient (Wildman–Crippen LogP) is 4.53. The predicted molar refractivity (Wildman–Crippen MR) is 84.3 cm³/mol. The number of fused-ring (bicyclic) bond motifs is 1. The highest BCUT2D eigenvalue weighted by Crippen LogP contribution is 2.28. The van der Waals surface area contributed by atoms with Crippen LogP contribution in [0.1, 0.15) is 12.5 Å². The maximum absolute atomic E-state index is 14.3. The van der Waals surface area contributed by atoms with Gasteiger partial charge in [0.1, 0.15) is 17.1 Å². The lowest BCUT2D eigenvalue weighted by Crippen LogP contribution is -1.98. The van der Waals surface area contributed by atoms with E-state index in [4.69, 9.17) is 17.0 Å². The smallest absolute Gasteiger partial charge is 0.182 e. The van der Waals surface area contributed by atoms with E-state index in [1.54, 1.807) is 10.6 Å². The summed E-state index contributed by atoms with van der Waals surface area (Å²) in [6.07, 6.45) is 0. The van der Waals surface area contributed by atoms with E-state index in [-0.39, 0.29) is 5.82 Å². The van der Waals surface area contributed by atoms with Gasteiger partial charge in [0.2, 0.25) is 0 Å². The molecule has 0 amide bonds. The average molecular weight is 302 g/mol. The maximum Gasteiger partial charge on any atom is 0.182 e. The Kier molecular flexibility index (Phi) is 3.51. The lowest BCUT2D eigenvalue weighted by Gasteiger charge is -2.08. The first-order valence-electron chi connectivity index (χ1n) is 6.75. The molecule has 1 heterocycles. The molecule has 1 N–H and O–H groups in total. The largest absolute Gasteiger partial charge is 0.492 e. The van der Waals surface area contributed by atoms with Crippen molar-refractivity contribution in [2.45, 2.75) is 13.8 Å². The third-order valence-corrected chi connectivity index (χ3v) is 3.61. The van der Waals surface area contributed by atoms with Crippen molar-refractivity contribution < 1.29 is 9.13 Å². The van der Waals surface area contributed by atoms with Crippen LogP contribution in [0.25, 0.3) is 16.7 Å². The highest BCUT2D eigenvalue weighted by Gasteiger charge is 2.13. The highest BCUT2D eigenvalue weighted by molar-refractivity contribution is 7.71. The topological polar surface area (TPSA) is 29.9 Å². The molecular formula is C16H15FN2OS. The Morgan fingerprint density at radius 1 is 1.29 bits per heavy atom. The molecule has 0 fully saturated rings. The van der Waals surface area contributed by atoms with Gasteiger partial charge in [-0.2, -0.15) is 0 Å². The van der Waals surface area contributed by atoms with Gasteiger partial charge in [0.05, 0.1) is 17.8 Å². The zero-order valence-corrected chi connectivity index (χ0v) is 12.6. The van der Waals surface area contributed by atoms with Crippen molar-refractivity contribution in [2.75, 3.05) is 6.61 Å². The summed E-state index contributed by atoms with van der Waals surface area (Å²) in [6.45, 7) is 4.34. The molecule has 3 nitrogen and oxygen atoms in total. The molecule has 21 heavy (non-hydrogen) atoms. The van der Waals surface area contributed by atoms with E-state index in [9.17, 15) is 4.39 Å². The van der Waals surface area contributed by atoms with Crippen molar-refractivity contribution in [2.24, 2.45) is 0 Å². The zero-order valence-electron chi connectivity index (χ0n) is 11.8. The van der Waals surface area contributed by atoms with E-state index in [0.29, 0.717) is 22.8 Å². The Labute approximate surface area is 127 Å². The first-order chi connectivity index (χ1) is 10.1. The molecule has 0 atom stereocenters. The summed E-state index contributed by atoms with van der Waals surface area (Å²) in [5.41, 5.74) is 2.89. The summed E-state index contributed by atoms with van der Waals surface area (Å²) in [6, 6.07) is 10.7. The molecule has 1 aromatic heterocycles. The van der Waals surface area contributed by atoms with Crippen LogP contribution in [0.5, 0.6) is 5.75 Å². The van der Waals surface area contributed by atoms with Gasteiger partial charge < -0.3 is 9.72 Å². The third kappa shape index (κ3) is 2.34. The molecule has 3 aromatic rings. The molecule has 0 bridgehead atoms. The van der Waals surface area contributed by atoms with Crippen LogP contribution in [-0.4, -0.2) is 16.2 Å². The summed E-state index contributed by atoms with van der Waals surface area (Å²) < 4.78 is 22.0. The number of nitrogens with zero attached hydrogens (tertiary/aromatic N) is 1. The number of aromatic amines is 1. The quantitative estimate of drug-likeness (QED) is 0.720. The first kappa shape index (κ1) is 13.8. The third-order valence-electron chi connectivity index (χ3n) is 3.32. The van der Waals surface area contributed by atoms with Crippen molar-refractivity contribution in [3.63, 3.8) is 0 Å². The molecular weight excluding hydrogens is 287 g/mol. The van der Waals surface area contributed by atoms with Crippen molar-refractivity contribution in [3.8, 4) is 11.4 Å². The van der Waals surface area contributed by atoms with Gasteiger partial charge in [0.15, 0.2) is 4.77 Å². The molecule has 0 aliphatic heterocycles. The Hall–Kier alpha value is -2.14. The van der Waals surface area contributed by atoms with Gasteiger partial charge in [-0.05, 0) is 55.9 Å². The second-order valence-corrected chi connectivity index (χ2v) is 5.19. The lowest BCUT2D eigenvalue weighted by molar-refractivity contribution is 0.343. The molecule has 0 radical (unpaired) electrons. The SMILES string of the molecule is CCOc1cccc2c1[nH]c(=S)n2-c1ccc(C)cc1F. The monoisotopic (exact) mass is 302 g/mol. The van der Waals surface area contributed by atoms with E-state index in [2.05, 4.69) is 4.98 Å². The molecule has 0 unspecified atom stereocenters. The number of benzene rings is 2. The summed E-state index contributed by atoms with van der Waals surface area (Å²) in [5.74, 6) is 0.418. The number of imidazole rings is 1. The minimum atomic E-state index is -0.297. The minimum absolute atomic E-state index is 0.297. The number of aromatic nitrogens is 2. The Morgan fingerprint density at radius 3 is 2.81 bits per heavy atom. The Balaban J connectivity index is 2.30. The number of nitrogens with one attached hydrogen (secondary N) is 1. The van der Waals surface area contributed by atoms with E-state index in [0.717, 1.165) is 16.6 Å². The number of para-hydroxylation sites is 1. The van der Waals surface area contributed by atoms with Gasteiger partial charge in [-0.25, -0.2) is 4.39 Å². The molecule has 0 saturated carbocycles. The number of aryl methyl sites for hydroxylation is 1. The fourth-order valence-corrected chi connectivity index (χ4v) is 2.71. The molecule has 2 aromatic carbocycles. The van der Waals surface area contributed by atoms with Crippen LogP contribution in [0, 0.1) is 17.5 Å². The van der Waals surface area contributed by atoms with Crippen LogP contribution in [0.4, 0.5) is 4.39 Å². The number of rotatable bonds is 3. The minimum Gasteiger partial charge on any atom is -0.492 e. The van der Waals surface area contributed by atoms with Crippen LogP contribution in [0.2, 0.25) is 0 Å². The van der Waals surface area contributed by atoms with Crippen molar-refractivity contribution in [1.82, 2.24) is 9.55 Å². The lowest BCUT2D eigenvalue weighted by atomic mass is 10.2. The van der Waals surface area contributed by atoms with E-state index < -0.39 is 0 Å². The second-order valence-electron chi connectivity index (χ2n) is 4.80. The van der Waals surface area contributed by atoms with Gasteiger partial charge in [-0.1, -0.05) is 12.1 Å². The molecule has 0 saturated heterocycles. The summed E-state index contributed by atoms with van der Waals surface area (Å²) >= 11 is 5.36. The van der Waals surface area contributed by atoms with Gasteiger partial charge in [-0.15, -0.1) is 0 Å². The van der Waals surface area contributed by atoms with Crippen molar-refractivity contribution >= 4 is 23.3 Å². The van der Waals surface area contributed by atoms with Gasteiger partial charge in [0.25, 0.3) is 0 Å². The van der Waals surface area contributed by atoms with Gasteiger partial charge in [-0.3, -0.25) is 4.57 Å². The van der Waals surface area contributed by atoms with Crippen molar-refractivity contribution in [3.05, 3.63) is 52.5 Å². The molecule has 108 valence electrons. The number of H-pyrrole nitrogens is 1. The van der Waals surface area contributed by atoms with Gasteiger partial charge in [0, 0.05) is 0 Å². The number of halogens is 1. The molecule has 0 spiro atoms. The van der Waals surface area contributed by atoms with Crippen LogP contribution in [0.3, 0.4) is 0 Å². The van der Waals surface area contributed by atoms with Crippen LogP contribution >= 0.6 is 12.2 Å². The fourth-order valence-electron chi connectivity index (χ4n) is 2.41. The number of ether oxygens (including phenoxy) is 1. The summed E-state index contributed by atoms with van der Waals surface area (Å²) in [5, 5.41) is 0. The van der Waals surface area contributed by atoms with E-state index >= 15 is 0 Å². The molecule has 5 heteroatoms. The Bertz CT molecular complexity index is 866. The molecule has 0 aliphatic carbocycles. The number of hydrogen-bond donors (Lipinski definition) is 1. The summed E-state index contributed by atoms with van der Waals surface area (Å²) in [4.78, 5) is 3.11. The first-order valence-corrected chi connectivity index (χ1v) is 7.15. The fraction of sp³-hybridized carbons (Fsp3) is 0.188. The average Bonchev–Trinajstić information content (AvgIpc) is 2.77. The molecule has 3 rings (SSSR count). The summed E-state index contributed by atoms with van der Waals surface area (Å²) in [7, 11) is 0. The second kappa shape index (κ2) is 5.33. The van der Waals surface area contributed by atoms with Crippen LogP contribution < -0.4 is 4.74 Å². The van der Waals surface area contributed by atoms with E-state index in [1.165, 1.54) is 6.07 Å². The zero-order chi connectivity index (χ0) is 15.0. The van der Waals surface area contributed by atoms with Gasteiger partial charge >= 0.3 is 0 Å². The highest BCUT2D eigenvalue weighted by atomic mass is 32.1. The maximum atomic E-state index is 14.3. The standard InChI is InChI=1S/C16H15FN2OS/c1-3-20-14-6-4-5-13-15(14)18-16(21)19(13)12-8-7-10(2)9-11(12)17/h4-9H,3H2,1-2H3,(H,18,21). The van der Waals surface area contributed by atoms with Crippen LogP contribution in [-0.2, 0) is 0 Å². The number of hydrogen-bond acceptors (Lipinski definition) is 2.